The zero-order valence-electron chi connectivity index (χ0n) is 13.7. The highest BCUT2D eigenvalue weighted by molar-refractivity contribution is 7.17. The number of nitrogens with one attached hydrogen (secondary N) is 2. The average Bonchev–Trinajstić information content (AvgIpc) is 3.14. The SMILES string of the molecule is COc1ccccc1NC(=O)c1c(NC(=O)C(Cl)(Cl)Cl)sc2c1CCC2. The Morgan fingerprint density at radius 2 is 1.88 bits per heavy atom. The van der Waals surface area contributed by atoms with Crippen LogP contribution in [-0.4, -0.2) is 22.7 Å². The van der Waals surface area contributed by atoms with E-state index in [1.807, 2.05) is 6.07 Å². The van der Waals surface area contributed by atoms with Crippen molar-refractivity contribution >= 4 is 68.6 Å². The van der Waals surface area contributed by atoms with Gasteiger partial charge >= 0.3 is 0 Å². The molecule has 2 aromatic rings. The molecular formula is C17H15Cl3N2O3S. The first kappa shape index (κ1) is 19.3. The Bertz CT molecular complexity index is 861. The summed E-state index contributed by atoms with van der Waals surface area (Å²) in [5.41, 5.74) is 1.88. The Hall–Kier alpha value is -1.47. The van der Waals surface area contributed by atoms with Crippen molar-refractivity contribution in [3.05, 3.63) is 40.3 Å². The fourth-order valence-corrected chi connectivity index (χ4v) is 4.26. The van der Waals surface area contributed by atoms with E-state index in [-0.39, 0.29) is 5.91 Å². The van der Waals surface area contributed by atoms with Crippen LogP contribution in [-0.2, 0) is 17.6 Å². The van der Waals surface area contributed by atoms with Crippen molar-refractivity contribution in [2.75, 3.05) is 17.7 Å². The van der Waals surface area contributed by atoms with E-state index in [1.54, 1.807) is 18.2 Å². The molecule has 0 spiro atoms. The zero-order chi connectivity index (χ0) is 18.9. The summed E-state index contributed by atoms with van der Waals surface area (Å²) in [6, 6.07) is 7.09. The third-order valence-corrected chi connectivity index (χ3v) is 5.71. The molecule has 9 heteroatoms. The van der Waals surface area contributed by atoms with Crippen molar-refractivity contribution in [1.82, 2.24) is 0 Å². The molecule has 26 heavy (non-hydrogen) atoms. The average molecular weight is 434 g/mol. The number of rotatable bonds is 4. The van der Waals surface area contributed by atoms with Crippen molar-refractivity contribution in [1.29, 1.82) is 0 Å². The minimum atomic E-state index is -2.11. The molecule has 0 unspecified atom stereocenters. The van der Waals surface area contributed by atoms with Crippen molar-refractivity contribution in [2.45, 2.75) is 23.1 Å². The number of benzene rings is 1. The third kappa shape index (κ3) is 3.93. The lowest BCUT2D eigenvalue weighted by Gasteiger charge is -2.14. The highest BCUT2D eigenvalue weighted by Gasteiger charge is 2.34. The zero-order valence-corrected chi connectivity index (χ0v) is 16.8. The summed E-state index contributed by atoms with van der Waals surface area (Å²) in [5, 5.41) is 5.79. The summed E-state index contributed by atoms with van der Waals surface area (Å²) < 4.78 is 3.16. The molecule has 0 saturated heterocycles. The first-order chi connectivity index (χ1) is 12.3. The molecule has 138 valence electrons. The van der Waals surface area contributed by atoms with Crippen LogP contribution in [0.1, 0.15) is 27.2 Å². The number of fused-ring (bicyclic) bond motifs is 1. The Balaban J connectivity index is 1.93. The maximum Gasteiger partial charge on any atom is 0.277 e. The minimum Gasteiger partial charge on any atom is -0.495 e. The van der Waals surface area contributed by atoms with E-state index < -0.39 is 9.70 Å². The van der Waals surface area contributed by atoms with Crippen LogP contribution in [0.5, 0.6) is 5.75 Å². The number of alkyl halides is 3. The summed E-state index contributed by atoms with van der Waals surface area (Å²) in [5.74, 6) is -0.595. The molecule has 1 aliphatic carbocycles. The van der Waals surface area contributed by atoms with Gasteiger partial charge in [0.1, 0.15) is 10.8 Å². The van der Waals surface area contributed by atoms with Gasteiger partial charge in [0, 0.05) is 4.88 Å². The molecule has 0 bridgehead atoms. The van der Waals surface area contributed by atoms with Crippen molar-refractivity contribution in [3.63, 3.8) is 0 Å². The number of anilines is 2. The van der Waals surface area contributed by atoms with Crippen molar-refractivity contribution in [2.24, 2.45) is 0 Å². The Kier molecular flexibility index (Phi) is 5.67. The summed E-state index contributed by atoms with van der Waals surface area (Å²) in [6.07, 6.45) is 2.59. The van der Waals surface area contributed by atoms with Crippen LogP contribution in [0.3, 0.4) is 0 Å². The molecule has 1 aromatic carbocycles. The number of hydrogen-bond donors (Lipinski definition) is 2. The van der Waals surface area contributed by atoms with Gasteiger partial charge in [0.2, 0.25) is 0 Å². The van der Waals surface area contributed by atoms with E-state index in [4.69, 9.17) is 39.5 Å². The second kappa shape index (κ2) is 7.64. The maximum atomic E-state index is 12.9. The van der Waals surface area contributed by atoms with Crippen LogP contribution < -0.4 is 15.4 Å². The normalized spacial score (nSPS) is 13.2. The smallest absolute Gasteiger partial charge is 0.277 e. The summed E-state index contributed by atoms with van der Waals surface area (Å²) >= 11 is 18.2. The van der Waals surface area contributed by atoms with Crippen molar-refractivity contribution < 1.29 is 14.3 Å². The van der Waals surface area contributed by atoms with E-state index in [1.165, 1.54) is 18.4 Å². The van der Waals surface area contributed by atoms with Crippen LogP contribution in [0.25, 0.3) is 0 Å². The molecule has 0 saturated carbocycles. The van der Waals surface area contributed by atoms with Crippen LogP contribution in [0, 0.1) is 0 Å². The van der Waals surface area contributed by atoms with E-state index in [9.17, 15) is 9.59 Å². The number of hydrogen-bond acceptors (Lipinski definition) is 4. The first-order valence-electron chi connectivity index (χ1n) is 7.78. The van der Waals surface area contributed by atoms with Gasteiger partial charge in [-0.3, -0.25) is 9.59 Å². The van der Waals surface area contributed by atoms with Gasteiger partial charge in [0.05, 0.1) is 18.4 Å². The minimum absolute atomic E-state index is 0.339. The molecule has 5 nitrogen and oxygen atoms in total. The van der Waals surface area contributed by atoms with E-state index in [0.717, 1.165) is 29.7 Å². The first-order valence-corrected chi connectivity index (χ1v) is 9.73. The number of ether oxygens (including phenoxy) is 1. The Morgan fingerprint density at radius 3 is 2.58 bits per heavy atom. The van der Waals surface area contributed by atoms with Gasteiger partial charge in [-0.15, -0.1) is 11.3 Å². The molecule has 0 fully saturated rings. The summed E-state index contributed by atoms with van der Waals surface area (Å²) in [4.78, 5) is 26.1. The van der Waals surface area contributed by atoms with Crippen LogP contribution in [0.4, 0.5) is 10.7 Å². The molecule has 0 atom stereocenters. The van der Waals surface area contributed by atoms with E-state index >= 15 is 0 Å². The third-order valence-electron chi connectivity index (χ3n) is 3.99. The summed E-state index contributed by atoms with van der Waals surface area (Å²) in [7, 11) is 1.53. The number of carbonyl (C=O) groups excluding carboxylic acids is 2. The number of halogens is 3. The lowest BCUT2D eigenvalue weighted by molar-refractivity contribution is -0.115. The number of thiophene rings is 1. The fraction of sp³-hybridized carbons (Fsp3) is 0.294. The predicted molar refractivity (Wildman–Crippen MR) is 106 cm³/mol. The Morgan fingerprint density at radius 1 is 1.15 bits per heavy atom. The lowest BCUT2D eigenvalue weighted by Crippen LogP contribution is -2.27. The highest BCUT2D eigenvalue weighted by Crippen LogP contribution is 2.41. The van der Waals surface area contributed by atoms with E-state index in [0.29, 0.717) is 22.0 Å². The van der Waals surface area contributed by atoms with E-state index in [2.05, 4.69) is 10.6 Å². The van der Waals surface area contributed by atoms with Gasteiger partial charge in [-0.25, -0.2) is 0 Å². The second-order valence-electron chi connectivity index (χ2n) is 5.67. The molecule has 1 heterocycles. The largest absolute Gasteiger partial charge is 0.495 e. The van der Waals surface area contributed by atoms with Crippen LogP contribution >= 0.6 is 46.1 Å². The summed E-state index contributed by atoms with van der Waals surface area (Å²) in [6.45, 7) is 0. The lowest BCUT2D eigenvalue weighted by atomic mass is 10.1. The van der Waals surface area contributed by atoms with Gasteiger partial charge in [-0.05, 0) is 37.0 Å². The highest BCUT2D eigenvalue weighted by atomic mass is 35.6. The molecule has 2 amide bonds. The van der Waals surface area contributed by atoms with Crippen LogP contribution in [0.2, 0.25) is 0 Å². The van der Waals surface area contributed by atoms with Gasteiger partial charge in [-0.2, -0.15) is 0 Å². The van der Waals surface area contributed by atoms with Crippen molar-refractivity contribution in [3.8, 4) is 5.75 Å². The molecule has 2 N–H and O–H groups in total. The number of carbonyl (C=O) groups is 2. The molecule has 3 rings (SSSR count). The quantitative estimate of drug-likeness (QED) is 0.680. The number of aryl methyl sites for hydroxylation is 1. The molecular weight excluding hydrogens is 419 g/mol. The van der Waals surface area contributed by atoms with Gasteiger partial charge in [0.15, 0.2) is 0 Å². The van der Waals surface area contributed by atoms with Gasteiger partial charge in [-0.1, -0.05) is 46.9 Å². The topological polar surface area (TPSA) is 67.4 Å². The van der Waals surface area contributed by atoms with Gasteiger partial charge < -0.3 is 15.4 Å². The fourth-order valence-electron chi connectivity index (χ4n) is 2.84. The number of methoxy groups -OCH3 is 1. The number of para-hydroxylation sites is 2. The maximum absolute atomic E-state index is 12.9. The number of amides is 2. The van der Waals surface area contributed by atoms with Gasteiger partial charge in [0.25, 0.3) is 15.6 Å². The van der Waals surface area contributed by atoms with Crippen LogP contribution in [0.15, 0.2) is 24.3 Å². The second-order valence-corrected chi connectivity index (χ2v) is 9.05. The molecule has 0 radical (unpaired) electrons. The molecule has 1 aliphatic rings. The predicted octanol–water partition coefficient (Wildman–Crippen LogP) is 4.81. The monoisotopic (exact) mass is 432 g/mol. The Labute approximate surface area is 169 Å². The molecule has 1 aromatic heterocycles. The standard InChI is InChI=1S/C17H15Cl3N2O3S/c1-25-11-7-3-2-6-10(11)21-14(23)13-9-5-4-8-12(9)26-15(13)22-16(24)17(18,19)20/h2-3,6-7H,4-5,8H2,1H3,(H,21,23)(H,22,24). The molecule has 0 aliphatic heterocycles.